The number of benzene rings is 1. The maximum absolute atomic E-state index is 9.56. The normalized spacial score (nSPS) is 19.8. The zero-order chi connectivity index (χ0) is 11.7. The summed E-state index contributed by atoms with van der Waals surface area (Å²) in [5, 5.41) is 19.0. The molecule has 0 saturated carbocycles. The third-order valence-corrected chi connectivity index (χ3v) is 3.26. The highest BCUT2D eigenvalue weighted by molar-refractivity contribution is 5.47. The minimum Gasteiger partial charge on any atom is -0.504 e. The van der Waals surface area contributed by atoms with E-state index >= 15 is 0 Å². The van der Waals surface area contributed by atoms with Gasteiger partial charge in [0.05, 0.1) is 0 Å². The summed E-state index contributed by atoms with van der Waals surface area (Å²) in [6.07, 6.45) is 3.33. The molecule has 0 heterocycles. The van der Waals surface area contributed by atoms with Gasteiger partial charge in [0.25, 0.3) is 0 Å². The quantitative estimate of drug-likeness (QED) is 0.751. The number of hydrogen-bond acceptors (Lipinski definition) is 3. The van der Waals surface area contributed by atoms with Crippen LogP contribution in [0.25, 0.3) is 0 Å². The topological polar surface area (TPSA) is 43.7 Å². The molecule has 0 spiro atoms. The summed E-state index contributed by atoms with van der Waals surface area (Å²) < 4.78 is 0. The molecule has 1 atom stereocenters. The Morgan fingerprint density at radius 1 is 1.25 bits per heavy atom. The Bertz CT molecular complexity index is 388. The summed E-state index contributed by atoms with van der Waals surface area (Å²) in [7, 11) is 4.13. The summed E-state index contributed by atoms with van der Waals surface area (Å²) in [5.74, 6) is 0.485. The van der Waals surface area contributed by atoms with E-state index in [1.54, 1.807) is 12.1 Å². The SMILES string of the molecule is CN(C)C[C@@H]1CCCc2cc(O)c(O)cc21. The number of fused-ring (bicyclic) bond motifs is 1. The molecule has 0 saturated heterocycles. The third-order valence-electron chi connectivity index (χ3n) is 3.26. The predicted octanol–water partition coefficient (Wildman–Crippen LogP) is 2.08. The number of aromatic hydroxyl groups is 2. The summed E-state index contributed by atoms with van der Waals surface area (Å²) in [6.45, 7) is 0.997. The lowest BCUT2D eigenvalue weighted by atomic mass is 9.82. The first-order chi connectivity index (χ1) is 7.58. The number of phenols is 2. The fourth-order valence-electron chi connectivity index (χ4n) is 2.56. The van der Waals surface area contributed by atoms with Crippen LogP contribution in [0.2, 0.25) is 0 Å². The Balaban J connectivity index is 2.34. The fraction of sp³-hybridized carbons (Fsp3) is 0.538. The van der Waals surface area contributed by atoms with Crippen molar-refractivity contribution in [1.82, 2.24) is 4.90 Å². The van der Waals surface area contributed by atoms with E-state index in [1.807, 2.05) is 0 Å². The van der Waals surface area contributed by atoms with E-state index in [9.17, 15) is 10.2 Å². The van der Waals surface area contributed by atoms with Crippen LogP contribution < -0.4 is 0 Å². The van der Waals surface area contributed by atoms with Gasteiger partial charge in [-0.1, -0.05) is 0 Å². The first-order valence-corrected chi connectivity index (χ1v) is 5.77. The van der Waals surface area contributed by atoms with Gasteiger partial charge >= 0.3 is 0 Å². The Kier molecular flexibility index (Phi) is 3.06. The van der Waals surface area contributed by atoms with Crippen LogP contribution in [0.5, 0.6) is 11.5 Å². The zero-order valence-electron chi connectivity index (χ0n) is 9.90. The van der Waals surface area contributed by atoms with Gasteiger partial charge in [0.1, 0.15) is 0 Å². The molecule has 1 aromatic rings. The molecule has 0 amide bonds. The van der Waals surface area contributed by atoms with Crippen molar-refractivity contribution in [2.75, 3.05) is 20.6 Å². The predicted molar refractivity (Wildman–Crippen MR) is 64.0 cm³/mol. The molecular weight excluding hydrogens is 202 g/mol. The van der Waals surface area contributed by atoms with Crippen LogP contribution >= 0.6 is 0 Å². The van der Waals surface area contributed by atoms with Crippen molar-refractivity contribution >= 4 is 0 Å². The second-order valence-corrected chi connectivity index (χ2v) is 4.89. The molecule has 16 heavy (non-hydrogen) atoms. The van der Waals surface area contributed by atoms with Gasteiger partial charge in [-0.05, 0) is 62.5 Å². The van der Waals surface area contributed by atoms with Crippen LogP contribution in [0.4, 0.5) is 0 Å². The van der Waals surface area contributed by atoms with Gasteiger partial charge in [0.15, 0.2) is 11.5 Å². The molecule has 0 radical (unpaired) electrons. The summed E-state index contributed by atoms with van der Waals surface area (Å²) in [6, 6.07) is 3.45. The Morgan fingerprint density at radius 2 is 1.94 bits per heavy atom. The number of rotatable bonds is 2. The standard InChI is InChI=1S/C13H19NO2/c1-14(2)8-10-5-3-4-9-6-12(15)13(16)7-11(9)10/h6-7,10,15-16H,3-5,8H2,1-2H3/t10-/m0/s1. The molecule has 0 aliphatic heterocycles. The number of phenolic OH excluding ortho intramolecular Hbond substituents is 2. The summed E-state index contributed by atoms with van der Waals surface area (Å²) in [4.78, 5) is 2.17. The van der Waals surface area contributed by atoms with Crippen LogP contribution in [-0.4, -0.2) is 35.8 Å². The highest BCUT2D eigenvalue weighted by Gasteiger charge is 2.22. The molecule has 2 rings (SSSR count). The Morgan fingerprint density at radius 3 is 2.62 bits per heavy atom. The van der Waals surface area contributed by atoms with Gasteiger partial charge in [-0.2, -0.15) is 0 Å². The van der Waals surface area contributed by atoms with Crippen molar-refractivity contribution in [3.63, 3.8) is 0 Å². The molecular formula is C13H19NO2. The van der Waals surface area contributed by atoms with Crippen molar-refractivity contribution in [3.05, 3.63) is 23.3 Å². The molecule has 3 nitrogen and oxygen atoms in total. The average Bonchev–Trinajstić information content (AvgIpc) is 2.20. The molecule has 1 aromatic carbocycles. The van der Waals surface area contributed by atoms with Gasteiger partial charge < -0.3 is 15.1 Å². The maximum atomic E-state index is 9.56. The van der Waals surface area contributed by atoms with Crippen LogP contribution in [0.3, 0.4) is 0 Å². The molecule has 88 valence electrons. The fourth-order valence-corrected chi connectivity index (χ4v) is 2.56. The van der Waals surface area contributed by atoms with Gasteiger partial charge in [0.2, 0.25) is 0 Å². The molecule has 1 aliphatic carbocycles. The largest absolute Gasteiger partial charge is 0.504 e. The first-order valence-electron chi connectivity index (χ1n) is 5.77. The summed E-state index contributed by atoms with van der Waals surface area (Å²) in [5.41, 5.74) is 2.39. The smallest absolute Gasteiger partial charge is 0.157 e. The van der Waals surface area contributed by atoms with Crippen molar-refractivity contribution in [2.24, 2.45) is 0 Å². The Labute approximate surface area is 96.3 Å². The maximum Gasteiger partial charge on any atom is 0.157 e. The number of nitrogens with zero attached hydrogens (tertiary/aromatic N) is 1. The van der Waals surface area contributed by atoms with Gasteiger partial charge in [-0.25, -0.2) is 0 Å². The molecule has 0 bridgehead atoms. The summed E-state index contributed by atoms with van der Waals surface area (Å²) >= 11 is 0. The van der Waals surface area contributed by atoms with E-state index in [1.165, 1.54) is 11.1 Å². The minimum atomic E-state index is 0.00394. The average molecular weight is 221 g/mol. The second kappa shape index (κ2) is 4.34. The van der Waals surface area contributed by atoms with E-state index in [0.717, 1.165) is 25.8 Å². The van der Waals surface area contributed by atoms with Gasteiger partial charge in [-0.3, -0.25) is 0 Å². The van der Waals surface area contributed by atoms with Crippen molar-refractivity contribution in [1.29, 1.82) is 0 Å². The highest BCUT2D eigenvalue weighted by Crippen LogP contribution is 2.38. The van der Waals surface area contributed by atoms with Crippen molar-refractivity contribution < 1.29 is 10.2 Å². The van der Waals surface area contributed by atoms with E-state index < -0.39 is 0 Å². The molecule has 3 heteroatoms. The lowest BCUT2D eigenvalue weighted by Crippen LogP contribution is -2.23. The van der Waals surface area contributed by atoms with Crippen molar-refractivity contribution in [3.8, 4) is 11.5 Å². The number of hydrogen-bond donors (Lipinski definition) is 2. The lowest BCUT2D eigenvalue weighted by molar-refractivity contribution is 0.349. The monoisotopic (exact) mass is 221 g/mol. The van der Waals surface area contributed by atoms with Gasteiger partial charge in [-0.15, -0.1) is 0 Å². The van der Waals surface area contributed by atoms with Crippen LogP contribution in [0, 0.1) is 0 Å². The molecule has 1 aliphatic rings. The lowest BCUT2D eigenvalue weighted by Gasteiger charge is -2.28. The van der Waals surface area contributed by atoms with E-state index in [4.69, 9.17) is 0 Å². The molecule has 0 aromatic heterocycles. The number of likely N-dealkylation sites (N-methyl/N-ethyl adjacent to an activating group) is 1. The van der Waals surface area contributed by atoms with Crippen LogP contribution in [0.1, 0.15) is 29.9 Å². The highest BCUT2D eigenvalue weighted by atomic mass is 16.3. The van der Waals surface area contributed by atoms with Crippen molar-refractivity contribution in [2.45, 2.75) is 25.2 Å². The number of aryl methyl sites for hydroxylation is 1. The van der Waals surface area contributed by atoms with Gasteiger partial charge in [0, 0.05) is 6.54 Å². The molecule has 0 fully saturated rings. The van der Waals surface area contributed by atoms with E-state index in [0.29, 0.717) is 5.92 Å². The Hall–Kier alpha value is -1.22. The van der Waals surface area contributed by atoms with Crippen LogP contribution in [0.15, 0.2) is 12.1 Å². The zero-order valence-corrected chi connectivity index (χ0v) is 9.90. The molecule has 0 unspecified atom stereocenters. The van der Waals surface area contributed by atoms with E-state index in [-0.39, 0.29) is 11.5 Å². The second-order valence-electron chi connectivity index (χ2n) is 4.89. The minimum absolute atomic E-state index is 0.00394. The van der Waals surface area contributed by atoms with E-state index in [2.05, 4.69) is 19.0 Å². The third kappa shape index (κ3) is 2.14. The van der Waals surface area contributed by atoms with Crippen LogP contribution in [-0.2, 0) is 6.42 Å². The molecule has 2 N–H and O–H groups in total. The first kappa shape index (κ1) is 11.3.